The standard InChI is InChI=1S/C17H28N2OS/c1-6-18-17(15-11-21-8-7-19(15)4)14-9-13(3)16(20-5)10-12(14)2/h9-10,15,17-18H,6-8,11H2,1-5H3. The maximum atomic E-state index is 5.45. The first-order valence-electron chi connectivity index (χ1n) is 7.75. The molecule has 1 aliphatic heterocycles. The van der Waals surface area contributed by atoms with E-state index >= 15 is 0 Å². The molecule has 0 aromatic heterocycles. The molecule has 2 unspecified atom stereocenters. The second kappa shape index (κ2) is 7.52. The first kappa shape index (κ1) is 16.7. The van der Waals surface area contributed by atoms with E-state index in [2.05, 4.69) is 61.9 Å². The van der Waals surface area contributed by atoms with Crippen LogP contribution < -0.4 is 10.1 Å². The summed E-state index contributed by atoms with van der Waals surface area (Å²) < 4.78 is 5.45. The van der Waals surface area contributed by atoms with Gasteiger partial charge >= 0.3 is 0 Å². The number of ether oxygens (including phenoxy) is 1. The monoisotopic (exact) mass is 308 g/mol. The molecule has 2 rings (SSSR count). The van der Waals surface area contributed by atoms with Gasteiger partial charge < -0.3 is 10.1 Å². The number of hydrogen-bond donors (Lipinski definition) is 1. The molecule has 1 aromatic rings. The van der Waals surface area contributed by atoms with E-state index in [9.17, 15) is 0 Å². The largest absolute Gasteiger partial charge is 0.496 e. The lowest BCUT2D eigenvalue weighted by atomic mass is 9.93. The van der Waals surface area contributed by atoms with Crippen LogP contribution in [0.25, 0.3) is 0 Å². The van der Waals surface area contributed by atoms with Gasteiger partial charge in [-0.1, -0.05) is 13.0 Å². The van der Waals surface area contributed by atoms with Crippen LogP contribution in [0, 0.1) is 13.8 Å². The highest BCUT2D eigenvalue weighted by Crippen LogP contribution is 2.32. The Kier molecular flexibility index (Phi) is 5.97. The van der Waals surface area contributed by atoms with Gasteiger partial charge in [0.15, 0.2) is 0 Å². The molecule has 1 N–H and O–H groups in total. The molecule has 1 aliphatic rings. The van der Waals surface area contributed by atoms with Crippen molar-refractivity contribution >= 4 is 11.8 Å². The average molecular weight is 308 g/mol. The lowest BCUT2D eigenvalue weighted by Gasteiger charge is -2.39. The molecule has 1 saturated heterocycles. The zero-order valence-corrected chi connectivity index (χ0v) is 14.7. The minimum Gasteiger partial charge on any atom is -0.496 e. The summed E-state index contributed by atoms with van der Waals surface area (Å²) in [5.74, 6) is 3.42. The fourth-order valence-electron chi connectivity index (χ4n) is 3.10. The van der Waals surface area contributed by atoms with E-state index in [0.717, 1.165) is 12.3 Å². The van der Waals surface area contributed by atoms with Gasteiger partial charge in [-0.3, -0.25) is 4.90 Å². The molecule has 0 amide bonds. The van der Waals surface area contributed by atoms with Gasteiger partial charge in [0.05, 0.1) is 7.11 Å². The van der Waals surface area contributed by atoms with Gasteiger partial charge in [-0.25, -0.2) is 0 Å². The van der Waals surface area contributed by atoms with Crippen molar-refractivity contribution in [1.29, 1.82) is 0 Å². The van der Waals surface area contributed by atoms with Crippen LogP contribution in [0.5, 0.6) is 5.75 Å². The van der Waals surface area contributed by atoms with Crippen LogP contribution in [0.4, 0.5) is 0 Å². The van der Waals surface area contributed by atoms with Crippen molar-refractivity contribution in [3.05, 3.63) is 28.8 Å². The Bertz CT molecular complexity index is 478. The van der Waals surface area contributed by atoms with Gasteiger partial charge in [-0.2, -0.15) is 11.8 Å². The Balaban J connectivity index is 2.35. The summed E-state index contributed by atoms with van der Waals surface area (Å²) in [4.78, 5) is 2.50. The molecular weight excluding hydrogens is 280 g/mol. The normalized spacial score (nSPS) is 21.3. The van der Waals surface area contributed by atoms with Crippen molar-refractivity contribution in [2.45, 2.75) is 32.9 Å². The van der Waals surface area contributed by atoms with E-state index in [1.807, 2.05) is 0 Å². The maximum Gasteiger partial charge on any atom is 0.122 e. The van der Waals surface area contributed by atoms with Crippen LogP contribution in [0.3, 0.4) is 0 Å². The summed E-state index contributed by atoms with van der Waals surface area (Å²) >= 11 is 2.07. The number of benzene rings is 1. The van der Waals surface area contributed by atoms with E-state index < -0.39 is 0 Å². The van der Waals surface area contributed by atoms with Crippen LogP contribution in [0.2, 0.25) is 0 Å². The predicted molar refractivity (Wildman–Crippen MR) is 92.6 cm³/mol. The molecule has 0 spiro atoms. The number of aryl methyl sites for hydroxylation is 2. The molecule has 3 nitrogen and oxygen atoms in total. The highest BCUT2D eigenvalue weighted by atomic mass is 32.2. The zero-order valence-electron chi connectivity index (χ0n) is 13.9. The minimum atomic E-state index is 0.386. The van der Waals surface area contributed by atoms with Gasteiger partial charge in [0.25, 0.3) is 0 Å². The molecule has 21 heavy (non-hydrogen) atoms. The van der Waals surface area contributed by atoms with Gasteiger partial charge in [-0.15, -0.1) is 0 Å². The molecule has 0 radical (unpaired) electrons. The SMILES string of the molecule is CCNC(c1cc(C)c(OC)cc1C)C1CSCCN1C. The Morgan fingerprint density at radius 3 is 2.76 bits per heavy atom. The maximum absolute atomic E-state index is 5.45. The second-order valence-electron chi connectivity index (χ2n) is 5.84. The highest BCUT2D eigenvalue weighted by Gasteiger charge is 2.29. The number of hydrogen-bond acceptors (Lipinski definition) is 4. The second-order valence-corrected chi connectivity index (χ2v) is 6.99. The summed E-state index contributed by atoms with van der Waals surface area (Å²) in [5, 5.41) is 3.71. The average Bonchev–Trinajstić information content (AvgIpc) is 2.48. The molecular formula is C17H28N2OS. The van der Waals surface area contributed by atoms with Crippen LogP contribution in [0.1, 0.15) is 29.7 Å². The number of rotatable bonds is 5. The topological polar surface area (TPSA) is 24.5 Å². The van der Waals surface area contributed by atoms with Crippen LogP contribution in [-0.4, -0.2) is 49.7 Å². The van der Waals surface area contributed by atoms with Crippen molar-refractivity contribution in [2.75, 3.05) is 38.8 Å². The molecule has 2 atom stereocenters. The molecule has 0 saturated carbocycles. The number of likely N-dealkylation sites (N-methyl/N-ethyl adjacent to an activating group) is 2. The third-order valence-corrected chi connectivity index (χ3v) is 5.42. The molecule has 1 heterocycles. The molecule has 0 bridgehead atoms. The number of methoxy groups -OCH3 is 1. The third-order valence-electron chi connectivity index (χ3n) is 4.37. The van der Waals surface area contributed by atoms with Crippen molar-refractivity contribution < 1.29 is 4.74 Å². The van der Waals surface area contributed by atoms with E-state index in [0.29, 0.717) is 12.1 Å². The van der Waals surface area contributed by atoms with E-state index in [1.165, 1.54) is 34.7 Å². The fraction of sp³-hybridized carbons (Fsp3) is 0.647. The van der Waals surface area contributed by atoms with E-state index in [1.54, 1.807) is 7.11 Å². The van der Waals surface area contributed by atoms with Crippen molar-refractivity contribution in [3.63, 3.8) is 0 Å². The molecule has 1 fully saturated rings. The molecule has 4 heteroatoms. The summed E-state index contributed by atoms with van der Waals surface area (Å²) in [6, 6.07) is 5.41. The predicted octanol–water partition coefficient (Wildman–Crippen LogP) is 3.01. The minimum absolute atomic E-state index is 0.386. The van der Waals surface area contributed by atoms with Crippen molar-refractivity contribution in [1.82, 2.24) is 10.2 Å². The van der Waals surface area contributed by atoms with Crippen LogP contribution >= 0.6 is 11.8 Å². The molecule has 118 valence electrons. The Morgan fingerprint density at radius 1 is 1.38 bits per heavy atom. The summed E-state index contributed by atoms with van der Waals surface area (Å²) in [5.41, 5.74) is 3.94. The highest BCUT2D eigenvalue weighted by molar-refractivity contribution is 7.99. The Labute approximate surface area is 133 Å². The van der Waals surface area contributed by atoms with Gasteiger partial charge in [-0.05, 0) is 50.2 Å². The first-order chi connectivity index (χ1) is 10.1. The molecule has 1 aromatic carbocycles. The van der Waals surface area contributed by atoms with Gasteiger partial charge in [0.2, 0.25) is 0 Å². The number of nitrogens with zero attached hydrogens (tertiary/aromatic N) is 1. The van der Waals surface area contributed by atoms with Crippen LogP contribution in [0.15, 0.2) is 12.1 Å². The lowest BCUT2D eigenvalue weighted by Crippen LogP contribution is -2.48. The van der Waals surface area contributed by atoms with E-state index in [-0.39, 0.29) is 0 Å². The van der Waals surface area contributed by atoms with Crippen molar-refractivity contribution in [3.8, 4) is 5.75 Å². The fourth-order valence-corrected chi connectivity index (χ4v) is 4.37. The summed E-state index contributed by atoms with van der Waals surface area (Å²) in [6.45, 7) is 8.67. The Morgan fingerprint density at radius 2 is 2.14 bits per heavy atom. The smallest absolute Gasteiger partial charge is 0.122 e. The quantitative estimate of drug-likeness (QED) is 0.904. The third kappa shape index (κ3) is 3.74. The lowest BCUT2D eigenvalue weighted by molar-refractivity contribution is 0.216. The summed E-state index contributed by atoms with van der Waals surface area (Å²) in [7, 11) is 4.00. The zero-order chi connectivity index (χ0) is 15.4. The van der Waals surface area contributed by atoms with E-state index in [4.69, 9.17) is 4.74 Å². The van der Waals surface area contributed by atoms with Crippen LogP contribution in [-0.2, 0) is 0 Å². The van der Waals surface area contributed by atoms with Crippen molar-refractivity contribution in [2.24, 2.45) is 0 Å². The summed E-state index contributed by atoms with van der Waals surface area (Å²) in [6.07, 6.45) is 0. The molecule has 0 aliphatic carbocycles. The van der Waals surface area contributed by atoms with Gasteiger partial charge in [0, 0.05) is 30.1 Å². The number of nitrogens with one attached hydrogen (secondary N) is 1. The Hall–Kier alpha value is -0.710. The van der Waals surface area contributed by atoms with Gasteiger partial charge in [0.1, 0.15) is 5.75 Å². The number of thioether (sulfide) groups is 1. The first-order valence-corrected chi connectivity index (χ1v) is 8.90.